The lowest BCUT2D eigenvalue weighted by Crippen LogP contribution is -2.52. The highest BCUT2D eigenvalue weighted by molar-refractivity contribution is 5.98. The summed E-state index contributed by atoms with van der Waals surface area (Å²) >= 11 is 0. The maximum atomic E-state index is 13.3. The van der Waals surface area contributed by atoms with Crippen molar-refractivity contribution in [1.29, 1.82) is 0 Å². The lowest BCUT2D eigenvalue weighted by atomic mass is 10.1. The molecule has 4 rings (SSSR count). The number of aromatic nitrogens is 1. The Morgan fingerprint density at radius 3 is 2.30 bits per heavy atom. The van der Waals surface area contributed by atoms with Gasteiger partial charge in [0.05, 0.1) is 0 Å². The summed E-state index contributed by atoms with van der Waals surface area (Å²) in [6.07, 6.45) is 6.24. The van der Waals surface area contributed by atoms with Crippen LogP contribution in [0.4, 0.5) is 0 Å². The molecule has 2 atom stereocenters. The van der Waals surface area contributed by atoms with E-state index in [4.69, 9.17) is 0 Å². The summed E-state index contributed by atoms with van der Waals surface area (Å²) in [6.45, 7) is 1.52. The molecule has 30 heavy (non-hydrogen) atoms. The summed E-state index contributed by atoms with van der Waals surface area (Å²) in [7, 11) is 0. The van der Waals surface area contributed by atoms with Crippen LogP contribution in [0.2, 0.25) is 0 Å². The van der Waals surface area contributed by atoms with Crippen molar-refractivity contribution in [3.63, 3.8) is 0 Å². The maximum Gasteiger partial charge on any atom is 0.254 e. The minimum absolute atomic E-state index is 0.113. The van der Waals surface area contributed by atoms with Crippen molar-refractivity contribution in [3.8, 4) is 0 Å². The molecule has 7 nitrogen and oxygen atoms in total. The van der Waals surface area contributed by atoms with Gasteiger partial charge in [-0.2, -0.15) is 0 Å². The number of nitrogens with zero attached hydrogens (tertiary/aromatic N) is 3. The lowest BCUT2D eigenvalue weighted by molar-refractivity contribution is -0.141. The number of likely N-dealkylation sites (tertiary alicyclic amines) is 2. The molecular weight excluding hydrogens is 380 g/mol. The van der Waals surface area contributed by atoms with E-state index >= 15 is 0 Å². The highest BCUT2D eigenvalue weighted by Crippen LogP contribution is 2.26. The SMILES string of the molecule is O=C(NCc1ccncc1)[C@@H]1CCCN1C(=O)[C@H]1CCCN1C(=O)c1ccccc1. The minimum Gasteiger partial charge on any atom is -0.350 e. The quantitative estimate of drug-likeness (QED) is 0.823. The summed E-state index contributed by atoms with van der Waals surface area (Å²) in [5.41, 5.74) is 1.55. The molecule has 1 N–H and O–H groups in total. The largest absolute Gasteiger partial charge is 0.350 e. The molecule has 3 heterocycles. The predicted octanol–water partition coefficient (Wildman–Crippen LogP) is 1.99. The fourth-order valence-electron chi connectivity index (χ4n) is 4.32. The fourth-order valence-corrected chi connectivity index (χ4v) is 4.32. The van der Waals surface area contributed by atoms with Crippen LogP contribution >= 0.6 is 0 Å². The Bertz CT molecular complexity index is 903. The smallest absolute Gasteiger partial charge is 0.254 e. The highest BCUT2D eigenvalue weighted by Gasteiger charge is 2.42. The second-order valence-electron chi connectivity index (χ2n) is 7.79. The molecule has 0 saturated carbocycles. The molecule has 0 bridgehead atoms. The molecule has 7 heteroatoms. The van der Waals surface area contributed by atoms with Gasteiger partial charge in [0.2, 0.25) is 11.8 Å². The number of rotatable bonds is 5. The first-order valence-corrected chi connectivity index (χ1v) is 10.5. The van der Waals surface area contributed by atoms with Crippen molar-refractivity contribution >= 4 is 17.7 Å². The molecule has 2 aliphatic rings. The number of amides is 3. The van der Waals surface area contributed by atoms with Crippen LogP contribution in [0.3, 0.4) is 0 Å². The van der Waals surface area contributed by atoms with Gasteiger partial charge < -0.3 is 15.1 Å². The van der Waals surface area contributed by atoms with Gasteiger partial charge in [-0.15, -0.1) is 0 Å². The Kier molecular flexibility index (Phi) is 6.07. The topological polar surface area (TPSA) is 82.6 Å². The van der Waals surface area contributed by atoms with E-state index in [9.17, 15) is 14.4 Å². The van der Waals surface area contributed by atoms with Crippen LogP contribution in [-0.4, -0.2) is 57.7 Å². The number of carbonyl (C=O) groups excluding carboxylic acids is 3. The number of hydrogen-bond acceptors (Lipinski definition) is 4. The van der Waals surface area contributed by atoms with Gasteiger partial charge >= 0.3 is 0 Å². The third-order valence-corrected chi connectivity index (χ3v) is 5.87. The number of carbonyl (C=O) groups is 3. The second-order valence-corrected chi connectivity index (χ2v) is 7.79. The molecule has 156 valence electrons. The van der Waals surface area contributed by atoms with Crippen molar-refractivity contribution < 1.29 is 14.4 Å². The molecule has 0 aliphatic carbocycles. The molecule has 0 spiro atoms. The Morgan fingerprint density at radius 1 is 0.900 bits per heavy atom. The first kappa shape index (κ1) is 20.1. The van der Waals surface area contributed by atoms with E-state index in [-0.39, 0.29) is 17.7 Å². The van der Waals surface area contributed by atoms with Gasteiger partial charge in [-0.25, -0.2) is 0 Å². The molecular formula is C23H26N4O3. The van der Waals surface area contributed by atoms with Crippen molar-refractivity contribution in [1.82, 2.24) is 20.1 Å². The van der Waals surface area contributed by atoms with Gasteiger partial charge in [-0.1, -0.05) is 18.2 Å². The Hall–Kier alpha value is -3.22. The average Bonchev–Trinajstić information content (AvgIpc) is 3.48. The number of nitrogens with one attached hydrogen (secondary N) is 1. The molecule has 3 amide bonds. The summed E-state index contributed by atoms with van der Waals surface area (Å²) in [5, 5.41) is 2.94. The van der Waals surface area contributed by atoms with E-state index in [0.717, 1.165) is 18.4 Å². The Balaban J connectivity index is 1.42. The summed E-state index contributed by atoms with van der Waals surface area (Å²) < 4.78 is 0. The van der Waals surface area contributed by atoms with Crippen LogP contribution in [0.5, 0.6) is 0 Å². The van der Waals surface area contributed by atoms with Crippen LogP contribution in [0.1, 0.15) is 41.6 Å². The van der Waals surface area contributed by atoms with Gasteiger partial charge in [0.1, 0.15) is 12.1 Å². The van der Waals surface area contributed by atoms with Gasteiger partial charge in [0, 0.05) is 37.6 Å². The fraction of sp³-hybridized carbons (Fsp3) is 0.391. The third-order valence-electron chi connectivity index (χ3n) is 5.87. The molecule has 1 aromatic carbocycles. The number of pyridine rings is 1. The monoisotopic (exact) mass is 406 g/mol. The van der Waals surface area contributed by atoms with E-state index in [0.29, 0.717) is 38.0 Å². The standard InChI is InChI=1S/C23H26N4O3/c28-21(25-16-17-10-12-24-13-11-17)19-8-4-14-26(19)23(30)20-9-5-15-27(20)22(29)18-6-2-1-3-7-18/h1-3,6-7,10-13,19-20H,4-5,8-9,14-16H2,(H,25,28)/t19-,20+/m0/s1. The van der Waals surface area contributed by atoms with Crippen molar-refractivity contribution in [2.45, 2.75) is 44.3 Å². The maximum absolute atomic E-state index is 13.3. The first-order chi connectivity index (χ1) is 14.6. The number of benzene rings is 1. The average molecular weight is 406 g/mol. The van der Waals surface area contributed by atoms with Gasteiger partial charge in [-0.3, -0.25) is 19.4 Å². The van der Waals surface area contributed by atoms with E-state index in [2.05, 4.69) is 10.3 Å². The predicted molar refractivity (Wildman–Crippen MR) is 111 cm³/mol. The van der Waals surface area contributed by atoms with Crippen molar-refractivity contribution in [2.75, 3.05) is 13.1 Å². The molecule has 0 radical (unpaired) electrons. The Morgan fingerprint density at radius 2 is 1.57 bits per heavy atom. The highest BCUT2D eigenvalue weighted by atomic mass is 16.2. The van der Waals surface area contributed by atoms with Crippen molar-refractivity contribution in [2.24, 2.45) is 0 Å². The van der Waals surface area contributed by atoms with E-state index in [1.165, 1.54) is 0 Å². The van der Waals surface area contributed by atoms with Crippen LogP contribution in [-0.2, 0) is 16.1 Å². The zero-order chi connectivity index (χ0) is 20.9. The van der Waals surface area contributed by atoms with Gasteiger partial charge in [0.25, 0.3) is 5.91 Å². The molecule has 0 unspecified atom stereocenters. The molecule has 2 aliphatic heterocycles. The minimum atomic E-state index is -0.494. The van der Waals surface area contributed by atoms with Crippen LogP contribution < -0.4 is 5.32 Å². The Labute approximate surface area is 176 Å². The molecule has 2 fully saturated rings. The third kappa shape index (κ3) is 4.20. The van der Waals surface area contributed by atoms with E-state index in [1.807, 2.05) is 30.3 Å². The van der Waals surface area contributed by atoms with Gasteiger partial charge in [-0.05, 0) is 55.5 Å². The van der Waals surface area contributed by atoms with E-state index in [1.54, 1.807) is 34.3 Å². The normalized spacial score (nSPS) is 20.9. The van der Waals surface area contributed by atoms with Gasteiger partial charge in [0.15, 0.2) is 0 Å². The second kappa shape index (κ2) is 9.07. The lowest BCUT2D eigenvalue weighted by Gasteiger charge is -2.31. The summed E-state index contributed by atoms with van der Waals surface area (Å²) in [4.78, 5) is 46.3. The molecule has 2 saturated heterocycles. The number of hydrogen-bond donors (Lipinski definition) is 1. The van der Waals surface area contributed by atoms with Crippen LogP contribution in [0, 0.1) is 0 Å². The summed E-state index contributed by atoms with van der Waals surface area (Å²) in [5.74, 6) is -0.376. The summed E-state index contributed by atoms with van der Waals surface area (Å²) in [6, 6.07) is 11.8. The zero-order valence-corrected chi connectivity index (χ0v) is 16.9. The molecule has 1 aromatic heterocycles. The van der Waals surface area contributed by atoms with E-state index < -0.39 is 12.1 Å². The zero-order valence-electron chi connectivity index (χ0n) is 16.9. The molecule has 2 aromatic rings. The van der Waals surface area contributed by atoms with Crippen molar-refractivity contribution in [3.05, 3.63) is 66.0 Å². The van der Waals surface area contributed by atoms with Crippen LogP contribution in [0.15, 0.2) is 54.9 Å². The first-order valence-electron chi connectivity index (χ1n) is 10.5. The van der Waals surface area contributed by atoms with Crippen LogP contribution in [0.25, 0.3) is 0 Å².